The molecule has 2 aromatic heterocycles. The van der Waals surface area contributed by atoms with Crippen LogP contribution in [0.4, 0.5) is 0 Å². The van der Waals surface area contributed by atoms with Gasteiger partial charge in [-0.1, -0.05) is 6.92 Å². The van der Waals surface area contributed by atoms with Gasteiger partial charge < -0.3 is 10.2 Å². The molecule has 0 saturated carbocycles. The van der Waals surface area contributed by atoms with Crippen LogP contribution in [0.2, 0.25) is 0 Å². The van der Waals surface area contributed by atoms with Crippen LogP contribution in [0.3, 0.4) is 0 Å². The number of rotatable bonds is 3. The van der Waals surface area contributed by atoms with E-state index in [0.29, 0.717) is 0 Å². The van der Waals surface area contributed by atoms with Crippen molar-refractivity contribution < 1.29 is 4.42 Å². The Morgan fingerprint density at radius 3 is 2.80 bits per heavy atom. The van der Waals surface area contributed by atoms with Crippen LogP contribution in [0.25, 0.3) is 0 Å². The van der Waals surface area contributed by atoms with Gasteiger partial charge in [0.2, 0.25) is 0 Å². The molecule has 0 bridgehead atoms. The minimum absolute atomic E-state index is 0.0510. The first kappa shape index (κ1) is 10.5. The van der Waals surface area contributed by atoms with Gasteiger partial charge in [0, 0.05) is 16.9 Å². The first-order valence-electron chi connectivity index (χ1n) is 5.10. The average Bonchev–Trinajstić information content (AvgIpc) is 2.84. The Morgan fingerprint density at radius 1 is 1.40 bits per heavy atom. The molecular formula is C12H15NOS. The zero-order chi connectivity index (χ0) is 10.8. The van der Waals surface area contributed by atoms with Gasteiger partial charge in [-0.3, -0.25) is 0 Å². The summed E-state index contributed by atoms with van der Waals surface area (Å²) in [5.74, 6) is 0.994. The summed E-state index contributed by atoms with van der Waals surface area (Å²) in [6.07, 6.45) is 2.61. The fourth-order valence-electron chi connectivity index (χ4n) is 1.80. The van der Waals surface area contributed by atoms with Gasteiger partial charge in [-0.05, 0) is 30.0 Å². The molecule has 2 N–H and O–H groups in total. The lowest BCUT2D eigenvalue weighted by Gasteiger charge is -2.11. The maximum absolute atomic E-state index is 6.23. The highest BCUT2D eigenvalue weighted by molar-refractivity contribution is 7.10. The zero-order valence-corrected chi connectivity index (χ0v) is 9.80. The van der Waals surface area contributed by atoms with E-state index in [2.05, 4.69) is 25.3 Å². The van der Waals surface area contributed by atoms with Gasteiger partial charge >= 0.3 is 0 Å². The predicted molar refractivity (Wildman–Crippen MR) is 63.2 cm³/mol. The highest BCUT2D eigenvalue weighted by atomic mass is 32.1. The van der Waals surface area contributed by atoms with Crippen molar-refractivity contribution in [2.45, 2.75) is 26.3 Å². The number of thiophene rings is 1. The lowest BCUT2D eigenvalue weighted by molar-refractivity contribution is 0.509. The van der Waals surface area contributed by atoms with Crippen LogP contribution >= 0.6 is 11.3 Å². The van der Waals surface area contributed by atoms with Crippen LogP contribution in [0, 0.1) is 6.92 Å². The first-order chi connectivity index (χ1) is 7.24. The minimum atomic E-state index is -0.0510. The molecule has 2 aromatic rings. The summed E-state index contributed by atoms with van der Waals surface area (Å²) in [7, 11) is 0. The van der Waals surface area contributed by atoms with E-state index in [-0.39, 0.29) is 6.04 Å². The largest absolute Gasteiger partial charge is 0.469 e. The smallest absolute Gasteiger partial charge is 0.108 e. The Hall–Kier alpha value is -1.06. The normalized spacial score (nSPS) is 13.0. The van der Waals surface area contributed by atoms with Crippen LogP contribution in [-0.2, 0) is 6.42 Å². The standard InChI is InChI=1S/C12H15NOS/c1-3-11-10(4-6-14-11)12(13)9-5-7-15-8(9)2/h4-7,12H,3,13H2,1-2H3. The maximum Gasteiger partial charge on any atom is 0.108 e. The molecule has 80 valence electrons. The van der Waals surface area contributed by atoms with Crippen molar-refractivity contribution >= 4 is 11.3 Å². The molecule has 0 aliphatic rings. The summed E-state index contributed by atoms with van der Waals surface area (Å²) in [4.78, 5) is 1.28. The third-order valence-corrected chi connectivity index (χ3v) is 3.53. The first-order valence-corrected chi connectivity index (χ1v) is 5.97. The molecule has 0 aliphatic carbocycles. The van der Waals surface area contributed by atoms with Gasteiger partial charge in [-0.15, -0.1) is 11.3 Å². The summed E-state index contributed by atoms with van der Waals surface area (Å²) < 4.78 is 5.40. The van der Waals surface area contributed by atoms with Gasteiger partial charge in [-0.2, -0.15) is 0 Å². The molecule has 0 saturated heterocycles. The van der Waals surface area contributed by atoms with Crippen molar-refractivity contribution in [1.29, 1.82) is 0 Å². The number of nitrogens with two attached hydrogens (primary N) is 1. The monoisotopic (exact) mass is 221 g/mol. The van der Waals surface area contributed by atoms with Crippen molar-refractivity contribution in [3.63, 3.8) is 0 Å². The van der Waals surface area contributed by atoms with Crippen molar-refractivity contribution in [1.82, 2.24) is 0 Å². The van der Waals surface area contributed by atoms with Gasteiger partial charge in [0.15, 0.2) is 0 Å². The average molecular weight is 221 g/mol. The molecule has 2 nitrogen and oxygen atoms in total. The number of aryl methyl sites for hydroxylation is 2. The Labute approximate surface area is 93.7 Å². The second-order valence-corrected chi connectivity index (χ2v) is 4.68. The predicted octanol–water partition coefficient (Wildman–Crippen LogP) is 3.26. The Balaban J connectivity index is 2.36. The van der Waals surface area contributed by atoms with Crippen molar-refractivity contribution in [2.75, 3.05) is 0 Å². The van der Waals surface area contributed by atoms with E-state index in [1.807, 2.05) is 6.07 Å². The summed E-state index contributed by atoms with van der Waals surface area (Å²) in [5, 5.41) is 2.08. The van der Waals surface area contributed by atoms with Gasteiger partial charge in [-0.25, -0.2) is 0 Å². The summed E-state index contributed by atoms with van der Waals surface area (Å²) in [6.45, 7) is 4.18. The molecule has 0 radical (unpaired) electrons. The van der Waals surface area contributed by atoms with E-state index in [9.17, 15) is 0 Å². The van der Waals surface area contributed by atoms with E-state index in [1.54, 1.807) is 17.6 Å². The van der Waals surface area contributed by atoms with Crippen LogP contribution in [0.15, 0.2) is 28.2 Å². The fourth-order valence-corrected chi connectivity index (χ4v) is 2.55. The second-order valence-electron chi connectivity index (χ2n) is 3.56. The van der Waals surface area contributed by atoms with Crippen LogP contribution in [-0.4, -0.2) is 0 Å². The van der Waals surface area contributed by atoms with Gasteiger partial charge in [0.25, 0.3) is 0 Å². The molecule has 2 rings (SSSR count). The minimum Gasteiger partial charge on any atom is -0.469 e. The Kier molecular flexibility index (Phi) is 2.93. The van der Waals surface area contributed by atoms with E-state index in [0.717, 1.165) is 17.7 Å². The Morgan fingerprint density at radius 2 is 2.20 bits per heavy atom. The van der Waals surface area contributed by atoms with Crippen LogP contribution < -0.4 is 5.73 Å². The third kappa shape index (κ3) is 1.85. The molecule has 0 aliphatic heterocycles. The quantitative estimate of drug-likeness (QED) is 0.864. The second kappa shape index (κ2) is 4.21. The van der Waals surface area contributed by atoms with Crippen LogP contribution in [0.1, 0.15) is 34.7 Å². The van der Waals surface area contributed by atoms with E-state index < -0.39 is 0 Å². The SMILES string of the molecule is CCc1occc1C(N)c1ccsc1C. The van der Waals surface area contributed by atoms with Crippen molar-refractivity contribution in [3.05, 3.63) is 45.5 Å². The molecule has 15 heavy (non-hydrogen) atoms. The number of furan rings is 1. The van der Waals surface area contributed by atoms with Crippen molar-refractivity contribution in [2.24, 2.45) is 5.73 Å². The van der Waals surface area contributed by atoms with Crippen LogP contribution in [0.5, 0.6) is 0 Å². The number of hydrogen-bond donors (Lipinski definition) is 1. The highest BCUT2D eigenvalue weighted by Gasteiger charge is 2.16. The molecule has 0 aromatic carbocycles. The lowest BCUT2D eigenvalue weighted by Crippen LogP contribution is -2.12. The molecule has 0 fully saturated rings. The topological polar surface area (TPSA) is 39.2 Å². The lowest BCUT2D eigenvalue weighted by atomic mass is 10.0. The van der Waals surface area contributed by atoms with E-state index >= 15 is 0 Å². The molecule has 0 amide bonds. The van der Waals surface area contributed by atoms with E-state index in [4.69, 9.17) is 10.2 Å². The fraction of sp³-hybridized carbons (Fsp3) is 0.333. The molecule has 2 heterocycles. The summed E-state index contributed by atoms with van der Waals surface area (Å²) in [6, 6.07) is 4.02. The summed E-state index contributed by atoms with van der Waals surface area (Å²) >= 11 is 1.73. The molecule has 0 spiro atoms. The molecule has 1 atom stereocenters. The highest BCUT2D eigenvalue weighted by Crippen LogP contribution is 2.28. The molecular weight excluding hydrogens is 206 g/mol. The van der Waals surface area contributed by atoms with E-state index in [1.165, 1.54) is 10.4 Å². The van der Waals surface area contributed by atoms with Gasteiger partial charge in [0.1, 0.15) is 5.76 Å². The zero-order valence-electron chi connectivity index (χ0n) is 8.99. The molecule has 3 heteroatoms. The van der Waals surface area contributed by atoms with Gasteiger partial charge in [0.05, 0.1) is 12.3 Å². The Bertz CT molecular complexity index is 444. The summed E-state index contributed by atoms with van der Waals surface area (Å²) in [5.41, 5.74) is 8.54. The molecule has 1 unspecified atom stereocenters. The number of hydrogen-bond acceptors (Lipinski definition) is 3. The maximum atomic E-state index is 6.23. The van der Waals surface area contributed by atoms with Crippen molar-refractivity contribution in [3.8, 4) is 0 Å². The third-order valence-electron chi connectivity index (χ3n) is 2.67.